The highest BCUT2D eigenvalue weighted by atomic mass is 32.1. The molecule has 27 heavy (non-hydrogen) atoms. The molecule has 0 unspecified atom stereocenters. The third-order valence-corrected chi connectivity index (χ3v) is 4.86. The average molecular weight is 375 g/mol. The highest BCUT2D eigenvalue weighted by Gasteiger charge is 2.08. The molecule has 0 saturated heterocycles. The summed E-state index contributed by atoms with van der Waals surface area (Å²) in [5, 5.41) is 15.1. The normalized spacial score (nSPS) is 11.5. The fraction of sp³-hybridized carbons (Fsp3) is 0.0476. The summed E-state index contributed by atoms with van der Waals surface area (Å²) in [6.45, 7) is 0.208. The van der Waals surface area contributed by atoms with E-state index in [1.165, 1.54) is 0 Å². The van der Waals surface area contributed by atoms with E-state index in [1.807, 2.05) is 60.7 Å². The average Bonchev–Trinajstić information content (AvgIpc) is 3.13. The van der Waals surface area contributed by atoms with Gasteiger partial charge >= 0.3 is 0 Å². The number of hydrogen-bond donors (Lipinski definition) is 2. The molecular formula is C21H17N3O2S. The van der Waals surface area contributed by atoms with Gasteiger partial charge in [-0.25, -0.2) is 4.98 Å². The molecule has 5 nitrogen and oxygen atoms in total. The van der Waals surface area contributed by atoms with Crippen LogP contribution in [-0.2, 0) is 0 Å². The molecule has 0 aliphatic heterocycles. The first-order valence-corrected chi connectivity index (χ1v) is 9.25. The minimum absolute atomic E-state index is 0.101. The predicted octanol–water partition coefficient (Wildman–Crippen LogP) is 4.90. The molecule has 1 aromatic heterocycles. The lowest BCUT2D eigenvalue weighted by molar-refractivity contribution is 0.347. The Morgan fingerprint density at radius 1 is 0.963 bits per heavy atom. The molecule has 0 bridgehead atoms. The molecule has 1 heterocycles. The first-order valence-electron chi connectivity index (χ1n) is 8.44. The number of nitrogens with zero attached hydrogens (tertiary/aromatic N) is 2. The van der Waals surface area contributed by atoms with Crippen molar-refractivity contribution in [2.24, 2.45) is 5.10 Å². The predicted molar refractivity (Wildman–Crippen MR) is 110 cm³/mol. The molecule has 0 amide bonds. The van der Waals surface area contributed by atoms with Gasteiger partial charge in [0.1, 0.15) is 12.3 Å². The molecule has 6 heteroatoms. The van der Waals surface area contributed by atoms with Crippen LogP contribution in [0.4, 0.5) is 5.13 Å². The summed E-state index contributed by atoms with van der Waals surface area (Å²) in [6.07, 6.45) is 0. The molecule has 0 aliphatic carbocycles. The van der Waals surface area contributed by atoms with Gasteiger partial charge in [0.25, 0.3) is 0 Å². The molecule has 134 valence electrons. The second kappa shape index (κ2) is 7.88. The summed E-state index contributed by atoms with van der Waals surface area (Å²) in [4.78, 5) is 4.53. The van der Waals surface area contributed by atoms with Gasteiger partial charge in [-0.1, -0.05) is 65.9 Å². The maximum Gasteiger partial charge on any atom is 0.204 e. The van der Waals surface area contributed by atoms with E-state index in [-0.39, 0.29) is 12.4 Å². The van der Waals surface area contributed by atoms with Crippen LogP contribution in [0, 0.1) is 0 Å². The Morgan fingerprint density at radius 3 is 2.52 bits per heavy atom. The number of benzene rings is 3. The molecule has 0 fully saturated rings. The summed E-state index contributed by atoms with van der Waals surface area (Å²) in [6, 6.07) is 24.6. The summed E-state index contributed by atoms with van der Waals surface area (Å²) < 4.78 is 6.86. The standard InChI is InChI=1S/C21H17N3O2S/c25-18-11-5-6-12-19(18)26-14-17(15-8-2-1-3-9-15)23-24-21-22-16-10-4-7-13-20(16)27-21/h1-13,25H,14H2,(H,22,24)/b23-17-. The van der Waals surface area contributed by atoms with Crippen molar-refractivity contribution < 1.29 is 9.84 Å². The van der Waals surface area contributed by atoms with Gasteiger partial charge in [-0.2, -0.15) is 5.10 Å². The van der Waals surface area contributed by atoms with Gasteiger partial charge in [0, 0.05) is 5.56 Å². The van der Waals surface area contributed by atoms with Crippen LogP contribution in [0.1, 0.15) is 5.56 Å². The van der Waals surface area contributed by atoms with E-state index in [0.717, 1.165) is 15.8 Å². The Balaban J connectivity index is 1.57. The molecule has 2 N–H and O–H groups in total. The van der Waals surface area contributed by atoms with Gasteiger partial charge in [0.2, 0.25) is 5.13 Å². The van der Waals surface area contributed by atoms with Crippen LogP contribution in [0.2, 0.25) is 0 Å². The number of fused-ring (bicyclic) bond motifs is 1. The Bertz CT molecular complexity index is 1040. The lowest BCUT2D eigenvalue weighted by Gasteiger charge is -2.10. The topological polar surface area (TPSA) is 66.7 Å². The van der Waals surface area contributed by atoms with E-state index in [0.29, 0.717) is 16.6 Å². The zero-order valence-corrected chi connectivity index (χ0v) is 15.2. The molecular weight excluding hydrogens is 358 g/mol. The molecule has 0 aliphatic rings. The van der Waals surface area contributed by atoms with Gasteiger partial charge in [-0.15, -0.1) is 0 Å². The highest BCUT2D eigenvalue weighted by molar-refractivity contribution is 7.22. The van der Waals surface area contributed by atoms with Crippen LogP contribution in [-0.4, -0.2) is 22.4 Å². The fourth-order valence-electron chi connectivity index (χ4n) is 2.57. The third-order valence-electron chi connectivity index (χ3n) is 3.92. The number of phenolic OH excluding ortho intramolecular Hbond substituents is 1. The highest BCUT2D eigenvalue weighted by Crippen LogP contribution is 2.26. The fourth-order valence-corrected chi connectivity index (χ4v) is 3.38. The molecule has 4 rings (SSSR count). The first-order chi connectivity index (χ1) is 13.3. The van der Waals surface area contributed by atoms with Crippen molar-refractivity contribution in [3.63, 3.8) is 0 Å². The largest absolute Gasteiger partial charge is 0.504 e. The van der Waals surface area contributed by atoms with Gasteiger partial charge < -0.3 is 9.84 Å². The second-order valence-electron chi connectivity index (χ2n) is 5.78. The summed E-state index contributed by atoms with van der Waals surface area (Å²) in [5.74, 6) is 0.519. The van der Waals surface area contributed by atoms with Crippen molar-refractivity contribution in [2.75, 3.05) is 12.0 Å². The molecule has 0 saturated carbocycles. The number of aromatic hydroxyl groups is 1. The quantitative estimate of drug-likeness (QED) is 0.372. The second-order valence-corrected chi connectivity index (χ2v) is 6.81. The van der Waals surface area contributed by atoms with Crippen molar-refractivity contribution in [1.82, 2.24) is 4.98 Å². The lowest BCUT2D eigenvalue weighted by atomic mass is 10.1. The summed E-state index contributed by atoms with van der Waals surface area (Å²) >= 11 is 1.54. The van der Waals surface area contributed by atoms with Crippen LogP contribution < -0.4 is 10.2 Å². The van der Waals surface area contributed by atoms with Crippen LogP contribution in [0.5, 0.6) is 11.5 Å². The first kappa shape index (κ1) is 17.1. The van der Waals surface area contributed by atoms with Crippen molar-refractivity contribution >= 4 is 32.4 Å². The van der Waals surface area contributed by atoms with Gasteiger partial charge in [-0.05, 0) is 24.3 Å². The van der Waals surface area contributed by atoms with Crippen molar-refractivity contribution in [3.8, 4) is 11.5 Å². The molecule has 3 aromatic carbocycles. The van der Waals surface area contributed by atoms with E-state index in [4.69, 9.17) is 4.74 Å². The molecule has 0 spiro atoms. The molecule has 0 atom stereocenters. The summed E-state index contributed by atoms with van der Waals surface area (Å²) in [5.41, 5.74) is 5.61. The number of aromatic nitrogens is 1. The van der Waals surface area contributed by atoms with Gasteiger partial charge in [0.05, 0.1) is 10.2 Å². The van der Waals surface area contributed by atoms with Crippen molar-refractivity contribution in [2.45, 2.75) is 0 Å². The number of thiazole rings is 1. The number of hydrazone groups is 1. The number of ether oxygens (including phenoxy) is 1. The third kappa shape index (κ3) is 4.07. The number of rotatable bonds is 6. The van der Waals surface area contributed by atoms with E-state index in [9.17, 15) is 5.11 Å². The Morgan fingerprint density at radius 2 is 1.70 bits per heavy atom. The Labute approximate surface area is 160 Å². The SMILES string of the molecule is Oc1ccccc1OC/C(=N/Nc1nc2ccccc2s1)c1ccccc1. The van der Waals surface area contributed by atoms with E-state index < -0.39 is 0 Å². The van der Waals surface area contributed by atoms with Crippen LogP contribution in [0.15, 0.2) is 84.0 Å². The smallest absolute Gasteiger partial charge is 0.204 e. The zero-order valence-electron chi connectivity index (χ0n) is 14.4. The number of para-hydroxylation sites is 3. The van der Waals surface area contributed by atoms with Crippen molar-refractivity contribution in [1.29, 1.82) is 0 Å². The number of nitrogens with one attached hydrogen (secondary N) is 1. The Kier molecular flexibility index (Phi) is 4.98. The van der Waals surface area contributed by atoms with Gasteiger partial charge in [0.15, 0.2) is 11.5 Å². The minimum Gasteiger partial charge on any atom is -0.504 e. The summed E-state index contributed by atoms with van der Waals surface area (Å²) in [7, 11) is 0. The number of anilines is 1. The van der Waals surface area contributed by atoms with Crippen LogP contribution in [0.3, 0.4) is 0 Å². The zero-order chi connectivity index (χ0) is 18.5. The monoisotopic (exact) mass is 375 g/mol. The van der Waals surface area contributed by atoms with E-state index in [2.05, 4.69) is 15.5 Å². The van der Waals surface area contributed by atoms with Crippen molar-refractivity contribution in [3.05, 3.63) is 84.4 Å². The molecule has 4 aromatic rings. The Hall–Kier alpha value is -3.38. The minimum atomic E-state index is 0.101. The van der Waals surface area contributed by atoms with E-state index >= 15 is 0 Å². The van der Waals surface area contributed by atoms with Crippen LogP contribution >= 0.6 is 11.3 Å². The van der Waals surface area contributed by atoms with E-state index in [1.54, 1.807) is 29.5 Å². The number of phenols is 1. The molecule has 0 radical (unpaired) electrons. The maximum absolute atomic E-state index is 9.89. The number of hydrogen-bond acceptors (Lipinski definition) is 6. The van der Waals surface area contributed by atoms with Gasteiger partial charge in [-0.3, -0.25) is 5.43 Å². The van der Waals surface area contributed by atoms with Crippen LogP contribution in [0.25, 0.3) is 10.2 Å². The maximum atomic E-state index is 9.89. The lowest BCUT2D eigenvalue weighted by Crippen LogP contribution is -2.15.